The molecule has 3 unspecified atom stereocenters. The first-order valence-corrected chi connectivity index (χ1v) is 13.2. The van der Waals surface area contributed by atoms with Crippen molar-refractivity contribution in [2.24, 2.45) is 5.92 Å². The molecule has 2 heterocycles. The van der Waals surface area contributed by atoms with Crippen LogP contribution in [-0.4, -0.2) is 65.8 Å². The molecule has 2 rings (SSSR count). The highest BCUT2D eigenvalue weighted by atomic mass is 33.1. The lowest BCUT2D eigenvalue weighted by Crippen LogP contribution is -2.56. The Morgan fingerprint density at radius 2 is 1.85 bits per heavy atom. The first-order valence-electron chi connectivity index (χ1n) is 10.7. The second kappa shape index (κ2) is 13.3. The Kier molecular flexibility index (Phi) is 10.8. The summed E-state index contributed by atoms with van der Waals surface area (Å²) in [4.78, 5) is 63.3. The molecule has 2 aliphatic heterocycles. The van der Waals surface area contributed by atoms with Gasteiger partial charge in [0.05, 0.1) is 6.42 Å². The number of hydrogen-bond donors (Lipinski definition) is 4. The number of carbonyl (C=O) groups excluding carboxylic acids is 5. The maximum absolute atomic E-state index is 13.0. The predicted molar refractivity (Wildman–Crippen MR) is 127 cm³/mol. The largest absolute Gasteiger partial charge is 0.456 e. The summed E-state index contributed by atoms with van der Waals surface area (Å²) >= 11 is 0. The third kappa shape index (κ3) is 8.77. The van der Waals surface area contributed by atoms with Crippen molar-refractivity contribution in [2.45, 2.75) is 51.8 Å². The minimum Gasteiger partial charge on any atom is -0.456 e. The molecule has 4 amide bonds. The summed E-state index contributed by atoms with van der Waals surface area (Å²) in [6, 6.07) is -1.84. The molecular formula is C21H30N4O6S2. The number of ether oxygens (including phenoxy) is 1. The zero-order valence-electron chi connectivity index (χ0n) is 18.8. The zero-order chi connectivity index (χ0) is 24.4. The van der Waals surface area contributed by atoms with E-state index in [0.29, 0.717) is 12.2 Å². The monoisotopic (exact) mass is 498 g/mol. The number of nitrogens with one attached hydrogen (secondary N) is 4. The van der Waals surface area contributed by atoms with Gasteiger partial charge in [0.1, 0.15) is 30.4 Å². The molecule has 4 N–H and O–H groups in total. The Morgan fingerprint density at radius 1 is 1.09 bits per heavy atom. The van der Waals surface area contributed by atoms with Gasteiger partial charge in [-0.25, -0.2) is 0 Å². The molecule has 10 nitrogen and oxygen atoms in total. The Balaban J connectivity index is 2.45. The topological polar surface area (TPSA) is 143 Å². The van der Waals surface area contributed by atoms with Gasteiger partial charge < -0.3 is 26.0 Å². The van der Waals surface area contributed by atoms with Crippen molar-refractivity contribution in [2.75, 3.05) is 18.1 Å². The van der Waals surface area contributed by atoms with Gasteiger partial charge in [-0.15, -0.1) is 0 Å². The van der Waals surface area contributed by atoms with E-state index < -0.39 is 54.3 Å². The van der Waals surface area contributed by atoms with E-state index in [1.54, 1.807) is 26.8 Å². The van der Waals surface area contributed by atoms with Crippen molar-refractivity contribution < 1.29 is 28.7 Å². The van der Waals surface area contributed by atoms with E-state index in [9.17, 15) is 24.0 Å². The standard InChI is InChI=1S/C21H30N4O6S2/c1-4-14-19(28)22-10-17(27)31-13-7-5-6-8-32-33-11-15(20(29)23-14)24-21(30)18(12(2)3)25-16(26)9-13/h4-5,7,12-13,15,18H,6,8-11H2,1-3H3,(H,22,28)(H,23,29)(H,24,30)(H,25,26)/b7-5+,14-4-. The van der Waals surface area contributed by atoms with Crippen LogP contribution in [0.3, 0.4) is 0 Å². The van der Waals surface area contributed by atoms with Crippen molar-refractivity contribution in [3.63, 3.8) is 0 Å². The van der Waals surface area contributed by atoms with Crippen molar-refractivity contribution >= 4 is 51.2 Å². The summed E-state index contributed by atoms with van der Waals surface area (Å²) < 4.78 is 5.38. The van der Waals surface area contributed by atoms with Crippen LogP contribution in [0.1, 0.15) is 33.6 Å². The number of allylic oxidation sites excluding steroid dienone is 2. The van der Waals surface area contributed by atoms with Crippen molar-refractivity contribution in [1.29, 1.82) is 0 Å². The molecule has 0 aromatic rings. The van der Waals surface area contributed by atoms with Crippen LogP contribution >= 0.6 is 21.6 Å². The van der Waals surface area contributed by atoms with Gasteiger partial charge in [-0.1, -0.05) is 47.6 Å². The zero-order valence-corrected chi connectivity index (χ0v) is 20.5. The van der Waals surface area contributed by atoms with Crippen LogP contribution in [0.2, 0.25) is 0 Å². The Hall–Kier alpha value is -2.47. The van der Waals surface area contributed by atoms with Gasteiger partial charge in [-0.3, -0.25) is 24.0 Å². The van der Waals surface area contributed by atoms with Gasteiger partial charge in [-0.05, 0) is 25.3 Å². The van der Waals surface area contributed by atoms with Crippen LogP contribution in [0.5, 0.6) is 0 Å². The van der Waals surface area contributed by atoms with Crippen molar-refractivity contribution in [3.8, 4) is 0 Å². The second-order valence-corrected chi connectivity index (χ2v) is 10.4. The molecule has 33 heavy (non-hydrogen) atoms. The molecule has 0 spiro atoms. The molecule has 3 atom stereocenters. The highest BCUT2D eigenvalue weighted by Crippen LogP contribution is 2.23. The van der Waals surface area contributed by atoms with Gasteiger partial charge in [0.15, 0.2) is 0 Å². The number of hydrogen-bond acceptors (Lipinski definition) is 8. The van der Waals surface area contributed by atoms with Crippen LogP contribution in [0.25, 0.3) is 0 Å². The second-order valence-electron chi connectivity index (χ2n) is 7.78. The van der Waals surface area contributed by atoms with E-state index in [2.05, 4.69) is 21.3 Å². The van der Waals surface area contributed by atoms with E-state index >= 15 is 0 Å². The lowest BCUT2D eigenvalue weighted by molar-refractivity contribution is -0.148. The molecule has 0 radical (unpaired) electrons. The molecule has 0 aromatic carbocycles. The van der Waals surface area contributed by atoms with Crippen LogP contribution < -0.4 is 21.3 Å². The Bertz CT molecular complexity index is 830. The quantitative estimate of drug-likeness (QED) is 0.176. The van der Waals surface area contributed by atoms with Crippen molar-refractivity contribution in [3.05, 3.63) is 23.9 Å². The summed E-state index contributed by atoms with van der Waals surface area (Å²) in [6.07, 6.45) is 4.48. The fourth-order valence-corrected chi connectivity index (χ4v) is 5.18. The average Bonchev–Trinajstić information content (AvgIpc) is 2.76. The molecule has 1 fully saturated rings. The molecule has 2 aliphatic rings. The highest BCUT2D eigenvalue weighted by molar-refractivity contribution is 8.76. The summed E-state index contributed by atoms with van der Waals surface area (Å²) in [5.41, 5.74) is -0.0497. The van der Waals surface area contributed by atoms with Crippen LogP contribution in [-0.2, 0) is 28.7 Å². The van der Waals surface area contributed by atoms with Gasteiger partial charge in [0, 0.05) is 11.5 Å². The van der Waals surface area contributed by atoms with E-state index in [4.69, 9.17) is 4.74 Å². The SMILES string of the molecule is C/C=C1\NC(=O)C2CSSCC/C=C/C(CC(=O)NC(C(C)C)C(=O)N2)OC(=O)CNC1=O. The first-order chi connectivity index (χ1) is 15.7. The third-order valence-electron chi connectivity index (χ3n) is 4.79. The van der Waals surface area contributed by atoms with Crippen molar-refractivity contribution in [1.82, 2.24) is 21.3 Å². The summed E-state index contributed by atoms with van der Waals surface area (Å²) in [5, 5.41) is 10.3. The average molecular weight is 499 g/mol. The third-order valence-corrected chi connectivity index (χ3v) is 7.24. The van der Waals surface area contributed by atoms with E-state index in [-0.39, 0.29) is 23.8 Å². The highest BCUT2D eigenvalue weighted by Gasteiger charge is 2.31. The van der Waals surface area contributed by atoms with E-state index in [1.807, 2.05) is 6.08 Å². The van der Waals surface area contributed by atoms with Gasteiger partial charge in [-0.2, -0.15) is 0 Å². The van der Waals surface area contributed by atoms with Crippen LogP contribution in [0, 0.1) is 5.92 Å². The Labute approximate surface area is 200 Å². The molecule has 0 aromatic heterocycles. The van der Waals surface area contributed by atoms with E-state index in [0.717, 1.165) is 0 Å². The van der Waals surface area contributed by atoms with Crippen LogP contribution in [0.15, 0.2) is 23.9 Å². The first kappa shape index (κ1) is 26.8. The van der Waals surface area contributed by atoms with E-state index in [1.165, 1.54) is 27.7 Å². The van der Waals surface area contributed by atoms with Gasteiger partial charge in [0.25, 0.3) is 5.91 Å². The number of amides is 4. The Morgan fingerprint density at radius 3 is 2.55 bits per heavy atom. The molecule has 0 aliphatic carbocycles. The summed E-state index contributed by atoms with van der Waals surface area (Å²) in [7, 11) is 2.94. The molecule has 0 saturated carbocycles. The maximum Gasteiger partial charge on any atom is 0.326 e. The predicted octanol–water partition coefficient (Wildman–Crippen LogP) is 0.405. The van der Waals surface area contributed by atoms with Gasteiger partial charge in [0.2, 0.25) is 17.7 Å². The summed E-state index contributed by atoms with van der Waals surface area (Å²) in [5.74, 6) is -2.25. The minimum atomic E-state index is -0.942. The lowest BCUT2D eigenvalue weighted by atomic mass is 10.0. The molecular weight excluding hydrogens is 468 g/mol. The number of carbonyl (C=O) groups is 5. The number of fused-ring (bicyclic) bond motifs is 7. The molecule has 182 valence electrons. The normalized spacial score (nSPS) is 28.8. The number of rotatable bonds is 1. The molecule has 1 saturated heterocycles. The van der Waals surface area contributed by atoms with Gasteiger partial charge >= 0.3 is 5.97 Å². The number of esters is 1. The molecule has 2 bridgehead atoms. The minimum absolute atomic E-state index is 0.0497. The summed E-state index contributed by atoms with van der Waals surface area (Å²) in [6.45, 7) is 4.68. The lowest BCUT2D eigenvalue weighted by Gasteiger charge is -2.26. The fraction of sp³-hybridized carbons (Fsp3) is 0.571. The van der Waals surface area contributed by atoms with Crippen LogP contribution in [0.4, 0.5) is 0 Å². The maximum atomic E-state index is 13.0. The smallest absolute Gasteiger partial charge is 0.326 e. The fourth-order valence-electron chi connectivity index (χ4n) is 3.02. The molecule has 12 heteroatoms.